The number of nitrogens with zero attached hydrogens (tertiary/aromatic N) is 2. The lowest BCUT2D eigenvalue weighted by molar-refractivity contribution is -0.133. The Kier molecular flexibility index (Phi) is 5.77. The maximum absolute atomic E-state index is 12.8. The van der Waals surface area contributed by atoms with E-state index in [-0.39, 0.29) is 0 Å². The number of carbonyl (C=O) groups excluding carboxylic acids is 1. The number of para-hydroxylation sites is 1. The standard InChI is InChI=1S/C20H30N2O2/c1-3-21(4-2)17-9-12-22(13-10-17)20(23)15-16-11-14-24-19-8-6-5-7-18(16)19/h5-8,16-17H,3-4,9-15H2,1-2H3/t16-/m0/s1. The Morgan fingerprint density at radius 1 is 1.17 bits per heavy atom. The fourth-order valence-corrected chi connectivity index (χ4v) is 4.19. The first-order valence-electron chi connectivity index (χ1n) is 9.46. The van der Waals surface area contributed by atoms with Crippen molar-refractivity contribution in [3.05, 3.63) is 29.8 Å². The molecule has 0 unspecified atom stereocenters. The summed E-state index contributed by atoms with van der Waals surface area (Å²) in [4.78, 5) is 17.4. The molecule has 24 heavy (non-hydrogen) atoms. The molecule has 1 fully saturated rings. The minimum absolute atomic E-state index is 0.308. The summed E-state index contributed by atoms with van der Waals surface area (Å²) in [6, 6.07) is 8.81. The van der Waals surface area contributed by atoms with Gasteiger partial charge in [-0.3, -0.25) is 4.79 Å². The Morgan fingerprint density at radius 3 is 2.58 bits per heavy atom. The number of benzene rings is 1. The molecule has 4 heteroatoms. The first kappa shape index (κ1) is 17.3. The molecule has 1 aromatic carbocycles. The van der Waals surface area contributed by atoms with Crippen LogP contribution in [0.2, 0.25) is 0 Å². The van der Waals surface area contributed by atoms with Gasteiger partial charge in [0.05, 0.1) is 6.61 Å². The van der Waals surface area contributed by atoms with Gasteiger partial charge >= 0.3 is 0 Å². The molecule has 0 bridgehead atoms. The third-order valence-electron chi connectivity index (χ3n) is 5.65. The van der Waals surface area contributed by atoms with Crippen molar-refractivity contribution in [2.24, 2.45) is 0 Å². The molecule has 0 aliphatic carbocycles. The van der Waals surface area contributed by atoms with E-state index in [0.717, 1.165) is 57.8 Å². The number of piperidine rings is 1. The maximum atomic E-state index is 12.8. The lowest BCUT2D eigenvalue weighted by atomic mass is 9.89. The zero-order valence-corrected chi connectivity index (χ0v) is 15.0. The molecule has 2 heterocycles. The SMILES string of the molecule is CCN(CC)C1CCN(C(=O)C[C@@H]2CCOc3ccccc32)CC1. The van der Waals surface area contributed by atoms with Crippen LogP contribution in [-0.2, 0) is 4.79 Å². The molecule has 0 spiro atoms. The summed E-state index contributed by atoms with van der Waals surface area (Å²) in [7, 11) is 0. The third kappa shape index (κ3) is 3.75. The van der Waals surface area contributed by atoms with Gasteiger partial charge in [-0.25, -0.2) is 0 Å². The lowest BCUT2D eigenvalue weighted by Gasteiger charge is -2.38. The molecule has 0 radical (unpaired) electrons. The average Bonchev–Trinajstić information content (AvgIpc) is 2.63. The molecular formula is C20H30N2O2. The van der Waals surface area contributed by atoms with Crippen molar-refractivity contribution in [1.29, 1.82) is 0 Å². The first-order valence-corrected chi connectivity index (χ1v) is 9.46. The Bertz CT molecular complexity index is 548. The summed E-state index contributed by atoms with van der Waals surface area (Å²) in [5.74, 6) is 1.58. The molecular weight excluding hydrogens is 300 g/mol. The van der Waals surface area contributed by atoms with E-state index in [1.54, 1.807) is 0 Å². The van der Waals surface area contributed by atoms with Gasteiger partial charge in [0.1, 0.15) is 5.75 Å². The molecule has 1 amide bonds. The largest absolute Gasteiger partial charge is 0.493 e. The molecule has 0 N–H and O–H groups in total. The second-order valence-electron chi connectivity index (χ2n) is 6.91. The van der Waals surface area contributed by atoms with Crippen molar-refractivity contribution in [2.45, 2.75) is 51.5 Å². The highest BCUT2D eigenvalue weighted by Crippen LogP contribution is 2.36. The van der Waals surface area contributed by atoms with E-state index in [4.69, 9.17) is 4.74 Å². The summed E-state index contributed by atoms with van der Waals surface area (Å²) in [6.45, 7) is 9.20. The predicted octanol–water partition coefficient (Wildman–Crippen LogP) is 3.28. The molecule has 1 saturated heterocycles. The van der Waals surface area contributed by atoms with Crippen molar-refractivity contribution in [1.82, 2.24) is 9.80 Å². The maximum Gasteiger partial charge on any atom is 0.223 e. The molecule has 2 aliphatic rings. The van der Waals surface area contributed by atoms with Crippen molar-refractivity contribution < 1.29 is 9.53 Å². The van der Waals surface area contributed by atoms with Gasteiger partial charge in [-0.2, -0.15) is 0 Å². The minimum atomic E-state index is 0.308. The van der Waals surface area contributed by atoms with Gasteiger partial charge in [-0.05, 0) is 49.9 Å². The van der Waals surface area contributed by atoms with Crippen LogP contribution < -0.4 is 4.74 Å². The van der Waals surface area contributed by atoms with Crippen molar-refractivity contribution in [2.75, 3.05) is 32.8 Å². The van der Waals surface area contributed by atoms with E-state index < -0.39 is 0 Å². The van der Waals surface area contributed by atoms with Crippen LogP contribution in [-0.4, -0.2) is 54.5 Å². The molecule has 3 rings (SSSR count). The van der Waals surface area contributed by atoms with Crippen LogP contribution in [0.1, 0.15) is 51.0 Å². The number of carbonyl (C=O) groups is 1. The van der Waals surface area contributed by atoms with E-state index in [1.165, 1.54) is 5.56 Å². The van der Waals surface area contributed by atoms with Crippen LogP contribution in [0.4, 0.5) is 0 Å². The van der Waals surface area contributed by atoms with Crippen LogP contribution in [0.5, 0.6) is 5.75 Å². The summed E-state index contributed by atoms with van der Waals surface area (Å²) < 4.78 is 5.72. The topological polar surface area (TPSA) is 32.8 Å². The van der Waals surface area contributed by atoms with Crippen molar-refractivity contribution in [3.63, 3.8) is 0 Å². The van der Waals surface area contributed by atoms with Gasteiger partial charge in [0.25, 0.3) is 0 Å². The minimum Gasteiger partial charge on any atom is -0.493 e. The van der Waals surface area contributed by atoms with Crippen LogP contribution in [0.15, 0.2) is 24.3 Å². The summed E-state index contributed by atoms with van der Waals surface area (Å²) in [5.41, 5.74) is 1.20. The molecule has 0 saturated carbocycles. The lowest BCUT2D eigenvalue weighted by Crippen LogP contribution is -2.47. The van der Waals surface area contributed by atoms with E-state index in [2.05, 4.69) is 29.7 Å². The molecule has 132 valence electrons. The predicted molar refractivity (Wildman–Crippen MR) is 96.4 cm³/mol. The molecule has 1 aromatic rings. The summed E-state index contributed by atoms with van der Waals surface area (Å²) in [6.07, 6.45) is 3.78. The van der Waals surface area contributed by atoms with E-state index in [9.17, 15) is 4.79 Å². The van der Waals surface area contributed by atoms with Crippen LogP contribution in [0.25, 0.3) is 0 Å². The van der Waals surface area contributed by atoms with Crippen LogP contribution in [0, 0.1) is 0 Å². The van der Waals surface area contributed by atoms with Crippen LogP contribution >= 0.6 is 0 Å². The number of amides is 1. The number of rotatable bonds is 5. The normalized spacial score (nSPS) is 21.5. The highest BCUT2D eigenvalue weighted by Gasteiger charge is 2.29. The van der Waals surface area contributed by atoms with Gasteiger partial charge in [-0.15, -0.1) is 0 Å². The second-order valence-corrected chi connectivity index (χ2v) is 6.91. The molecule has 1 atom stereocenters. The molecule has 4 nitrogen and oxygen atoms in total. The molecule has 0 aromatic heterocycles. The summed E-state index contributed by atoms with van der Waals surface area (Å²) >= 11 is 0. The Morgan fingerprint density at radius 2 is 1.88 bits per heavy atom. The van der Waals surface area contributed by atoms with Crippen molar-refractivity contribution >= 4 is 5.91 Å². The van der Waals surface area contributed by atoms with Gasteiger partial charge in [0.15, 0.2) is 0 Å². The zero-order valence-electron chi connectivity index (χ0n) is 15.0. The van der Waals surface area contributed by atoms with Gasteiger partial charge in [-0.1, -0.05) is 32.0 Å². The van der Waals surface area contributed by atoms with E-state index >= 15 is 0 Å². The number of hydrogen-bond donors (Lipinski definition) is 0. The van der Waals surface area contributed by atoms with Gasteiger partial charge < -0.3 is 14.5 Å². The molecule has 2 aliphatic heterocycles. The van der Waals surface area contributed by atoms with Crippen LogP contribution in [0.3, 0.4) is 0 Å². The first-order chi connectivity index (χ1) is 11.7. The highest BCUT2D eigenvalue weighted by atomic mass is 16.5. The van der Waals surface area contributed by atoms with Gasteiger partial charge in [0.2, 0.25) is 5.91 Å². The van der Waals surface area contributed by atoms with Crippen molar-refractivity contribution in [3.8, 4) is 5.75 Å². The smallest absolute Gasteiger partial charge is 0.223 e. The van der Waals surface area contributed by atoms with E-state index in [1.807, 2.05) is 18.2 Å². The second kappa shape index (κ2) is 8.02. The average molecular weight is 330 g/mol. The third-order valence-corrected chi connectivity index (χ3v) is 5.65. The summed E-state index contributed by atoms with van der Waals surface area (Å²) in [5, 5.41) is 0. The zero-order chi connectivity index (χ0) is 16.9. The quantitative estimate of drug-likeness (QED) is 0.830. The Labute approximate surface area is 145 Å². The fourth-order valence-electron chi connectivity index (χ4n) is 4.19. The van der Waals surface area contributed by atoms with E-state index in [0.29, 0.717) is 24.3 Å². The number of hydrogen-bond acceptors (Lipinski definition) is 3. The number of fused-ring (bicyclic) bond motifs is 1. The Balaban J connectivity index is 1.56. The monoisotopic (exact) mass is 330 g/mol. The highest BCUT2D eigenvalue weighted by molar-refractivity contribution is 5.77. The number of ether oxygens (including phenoxy) is 1. The van der Waals surface area contributed by atoms with Gasteiger partial charge in [0, 0.05) is 25.6 Å². The fraction of sp³-hybridized carbons (Fsp3) is 0.650. The number of likely N-dealkylation sites (tertiary alicyclic amines) is 1. The Hall–Kier alpha value is -1.55.